The Kier molecular flexibility index (Phi) is 6.23. The number of hydrogen-bond donors (Lipinski definition) is 2. The Hall–Kier alpha value is -1.87. The van der Waals surface area contributed by atoms with Gasteiger partial charge < -0.3 is 5.32 Å². The predicted octanol–water partition coefficient (Wildman–Crippen LogP) is 5.24. The fourth-order valence-corrected chi connectivity index (χ4v) is 2.41. The van der Waals surface area contributed by atoms with Crippen LogP contribution in [-0.2, 0) is 6.18 Å². The smallest absolute Gasteiger partial charge is 0.324 e. The van der Waals surface area contributed by atoms with Gasteiger partial charge in [-0.1, -0.05) is 35.8 Å². The molecule has 0 bridgehead atoms. The molecule has 0 radical (unpaired) electrons. The first-order chi connectivity index (χ1) is 11.7. The van der Waals surface area contributed by atoms with Gasteiger partial charge in [-0.05, 0) is 30.5 Å². The molecule has 2 rings (SSSR count). The van der Waals surface area contributed by atoms with E-state index in [0.29, 0.717) is 23.4 Å². The van der Waals surface area contributed by atoms with E-state index < -0.39 is 17.6 Å². The van der Waals surface area contributed by atoms with Crippen LogP contribution in [0.5, 0.6) is 0 Å². The summed E-state index contributed by atoms with van der Waals surface area (Å²) in [4.78, 5) is 7.57. The maximum Gasteiger partial charge on any atom is 0.421 e. The molecule has 1 aromatic heterocycles. The molecule has 0 unspecified atom stereocenters. The highest BCUT2D eigenvalue weighted by Crippen LogP contribution is 2.35. The van der Waals surface area contributed by atoms with Crippen LogP contribution in [0.2, 0.25) is 0 Å². The second kappa shape index (κ2) is 8.01. The van der Waals surface area contributed by atoms with Crippen molar-refractivity contribution in [3.05, 3.63) is 40.5 Å². The van der Waals surface area contributed by atoms with Gasteiger partial charge in [0.1, 0.15) is 5.56 Å². The van der Waals surface area contributed by atoms with Crippen LogP contribution in [0.25, 0.3) is 0 Å². The number of hydroxylamine groups is 1. The first-order valence-electron chi connectivity index (χ1n) is 7.60. The van der Waals surface area contributed by atoms with Crippen molar-refractivity contribution in [1.82, 2.24) is 9.97 Å². The maximum absolute atomic E-state index is 13.2. The summed E-state index contributed by atoms with van der Waals surface area (Å²) >= 11 is 3.31. The third kappa shape index (κ3) is 5.57. The number of nitrogens with zero attached hydrogens (tertiary/aromatic N) is 3. The average Bonchev–Trinajstić information content (AvgIpc) is 2.51. The van der Waals surface area contributed by atoms with E-state index in [0.717, 1.165) is 4.47 Å². The molecule has 0 aliphatic carbocycles. The molecule has 1 heterocycles. The van der Waals surface area contributed by atoms with Crippen LogP contribution in [0.1, 0.15) is 25.8 Å². The molecule has 0 saturated carbocycles. The van der Waals surface area contributed by atoms with Crippen molar-refractivity contribution in [2.75, 3.05) is 16.9 Å². The zero-order valence-electron chi connectivity index (χ0n) is 13.7. The molecular formula is C16H18BrF3N4O. The largest absolute Gasteiger partial charge is 0.421 e. The third-order valence-corrected chi connectivity index (χ3v) is 3.81. The van der Waals surface area contributed by atoms with Crippen molar-refractivity contribution in [1.29, 1.82) is 0 Å². The van der Waals surface area contributed by atoms with E-state index in [9.17, 15) is 18.4 Å². The molecule has 9 heteroatoms. The molecule has 0 amide bonds. The maximum atomic E-state index is 13.2. The Balaban J connectivity index is 2.32. The standard InChI is InChI=1S/C16H18BrF3N4O/c1-10(2)6-7-24(25)14-13(16(18,19)20)9-21-15(23-14)22-12-5-3-4-11(17)8-12/h3-5,8-10,25H,6-7H2,1-2H3,(H,21,22,23). The molecule has 2 N–H and O–H groups in total. The van der Waals surface area contributed by atoms with E-state index >= 15 is 0 Å². The molecule has 0 aliphatic rings. The van der Waals surface area contributed by atoms with Gasteiger partial charge in [0, 0.05) is 22.9 Å². The lowest BCUT2D eigenvalue weighted by molar-refractivity contribution is -0.138. The third-order valence-electron chi connectivity index (χ3n) is 3.32. The number of nitrogens with one attached hydrogen (secondary N) is 1. The van der Waals surface area contributed by atoms with Crippen molar-refractivity contribution < 1.29 is 18.4 Å². The Morgan fingerprint density at radius 3 is 2.64 bits per heavy atom. The lowest BCUT2D eigenvalue weighted by Gasteiger charge is -2.21. The van der Waals surface area contributed by atoms with Crippen LogP contribution in [0.3, 0.4) is 0 Å². The fraction of sp³-hybridized carbons (Fsp3) is 0.375. The SMILES string of the molecule is CC(C)CCN(O)c1nc(Nc2cccc(Br)c2)ncc1C(F)(F)F. The molecular weight excluding hydrogens is 401 g/mol. The van der Waals surface area contributed by atoms with Gasteiger partial charge in [0.15, 0.2) is 5.82 Å². The van der Waals surface area contributed by atoms with Crippen LogP contribution >= 0.6 is 15.9 Å². The lowest BCUT2D eigenvalue weighted by atomic mass is 10.1. The van der Waals surface area contributed by atoms with Gasteiger partial charge in [0.05, 0.1) is 0 Å². The fourth-order valence-electron chi connectivity index (χ4n) is 2.01. The second-order valence-corrected chi connectivity index (χ2v) is 6.79. The van der Waals surface area contributed by atoms with Gasteiger partial charge >= 0.3 is 6.18 Å². The molecule has 25 heavy (non-hydrogen) atoms. The van der Waals surface area contributed by atoms with Crippen LogP contribution < -0.4 is 10.4 Å². The zero-order chi connectivity index (χ0) is 18.6. The minimum atomic E-state index is -4.66. The summed E-state index contributed by atoms with van der Waals surface area (Å²) in [5, 5.41) is 13.4. The van der Waals surface area contributed by atoms with Crippen molar-refractivity contribution in [2.45, 2.75) is 26.4 Å². The van der Waals surface area contributed by atoms with Gasteiger partial charge in [-0.15, -0.1) is 0 Å². The highest BCUT2D eigenvalue weighted by Gasteiger charge is 2.36. The van der Waals surface area contributed by atoms with Gasteiger partial charge in [0.25, 0.3) is 0 Å². The topological polar surface area (TPSA) is 61.3 Å². The Morgan fingerprint density at radius 1 is 1.32 bits per heavy atom. The zero-order valence-corrected chi connectivity index (χ0v) is 15.3. The van der Waals surface area contributed by atoms with Gasteiger partial charge in [-0.2, -0.15) is 18.2 Å². The molecule has 2 aromatic rings. The lowest BCUT2D eigenvalue weighted by Crippen LogP contribution is -2.26. The van der Waals surface area contributed by atoms with E-state index in [4.69, 9.17) is 0 Å². The molecule has 1 aromatic carbocycles. The summed E-state index contributed by atoms with van der Waals surface area (Å²) in [5.41, 5.74) is -0.481. The van der Waals surface area contributed by atoms with Crippen molar-refractivity contribution in [3.8, 4) is 0 Å². The monoisotopic (exact) mass is 418 g/mol. The number of hydrogen-bond acceptors (Lipinski definition) is 5. The summed E-state index contributed by atoms with van der Waals surface area (Å²) in [6.45, 7) is 3.87. The minimum Gasteiger partial charge on any atom is -0.324 e. The molecule has 0 aliphatic heterocycles. The highest BCUT2D eigenvalue weighted by molar-refractivity contribution is 9.10. The van der Waals surface area contributed by atoms with E-state index in [1.165, 1.54) is 0 Å². The molecule has 136 valence electrons. The molecule has 0 fully saturated rings. The van der Waals surface area contributed by atoms with E-state index in [-0.39, 0.29) is 18.4 Å². The Bertz CT molecular complexity index is 725. The van der Waals surface area contributed by atoms with Crippen molar-refractivity contribution in [2.24, 2.45) is 5.92 Å². The van der Waals surface area contributed by atoms with Crippen LogP contribution in [-0.4, -0.2) is 21.7 Å². The quantitative estimate of drug-likeness (QED) is 0.627. The first-order valence-corrected chi connectivity index (χ1v) is 8.39. The summed E-state index contributed by atoms with van der Waals surface area (Å²) in [5.74, 6) is -0.379. The number of anilines is 3. The Labute approximate surface area is 152 Å². The van der Waals surface area contributed by atoms with Gasteiger partial charge in [-0.3, -0.25) is 5.21 Å². The van der Waals surface area contributed by atoms with E-state index in [1.807, 2.05) is 19.9 Å². The average molecular weight is 419 g/mol. The second-order valence-electron chi connectivity index (χ2n) is 5.87. The molecule has 0 atom stereocenters. The van der Waals surface area contributed by atoms with Gasteiger partial charge in [-0.25, -0.2) is 10.0 Å². The van der Waals surface area contributed by atoms with Crippen LogP contribution in [0.4, 0.5) is 30.6 Å². The molecule has 5 nitrogen and oxygen atoms in total. The van der Waals surface area contributed by atoms with Crippen LogP contribution in [0, 0.1) is 5.92 Å². The van der Waals surface area contributed by atoms with E-state index in [2.05, 4.69) is 31.2 Å². The number of halogens is 4. The summed E-state index contributed by atoms with van der Waals surface area (Å²) in [7, 11) is 0. The minimum absolute atomic E-state index is 0.0358. The summed E-state index contributed by atoms with van der Waals surface area (Å²) < 4.78 is 40.3. The van der Waals surface area contributed by atoms with Gasteiger partial charge in [0.2, 0.25) is 5.95 Å². The number of alkyl halides is 3. The summed E-state index contributed by atoms with van der Waals surface area (Å²) in [6.07, 6.45) is -3.48. The van der Waals surface area contributed by atoms with E-state index in [1.54, 1.807) is 18.2 Å². The van der Waals surface area contributed by atoms with Crippen molar-refractivity contribution in [3.63, 3.8) is 0 Å². The summed E-state index contributed by atoms with van der Waals surface area (Å²) in [6, 6.07) is 7.03. The Morgan fingerprint density at radius 2 is 2.04 bits per heavy atom. The predicted molar refractivity (Wildman–Crippen MR) is 93.0 cm³/mol. The molecule has 0 spiro atoms. The number of rotatable bonds is 6. The van der Waals surface area contributed by atoms with Crippen molar-refractivity contribution >= 4 is 33.4 Å². The first kappa shape index (κ1) is 19.5. The van der Waals surface area contributed by atoms with Crippen LogP contribution in [0.15, 0.2) is 34.9 Å². The normalized spacial score (nSPS) is 11.7. The highest BCUT2D eigenvalue weighted by atomic mass is 79.9. The number of aromatic nitrogens is 2. The number of benzene rings is 1. The molecule has 0 saturated heterocycles.